The molecule has 1 aromatic carbocycles. The maximum Gasteiger partial charge on any atom is 0.318 e. The van der Waals surface area contributed by atoms with Crippen LogP contribution in [0.4, 0.5) is 16.2 Å². The van der Waals surface area contributed by atoms with Gasteiger partial charge in [-0.25, -0.2) is 4.79 Å². The van der Waals surface area contributed by atoms with Crippen LogP contribution in [-0.4, -0.2) is 19.0 Å². The number of urea groups is 1. The highest BCUT2D eigenvalue weighted by Crippen LogP contribution is 2.15. The molecule has 0 radical (unpaired) electrons. The van der Waals surface area contributed by atoms with E-state index in [1.54, 1.807) is 31.3 Å². The summed E-state index contributed by atoms with van der Waals surface area (Å²) in [5, 5.41) is 7.86. The Labute approximate surface area is 101 Å². The lowest BCUT2D eigenvalue weighted by Gasteiger charge is -2.08. The molecular formula is C12H17N3O2. The topological polar surface area (TPSA) is 70.2 Å². The van der Waals surface area contributed by atoms with Crippen molar-refractivity contribution in [1.29, 1.82) is 0 Å². The molecule has 0 unspecified atom stereocenters. The van der Waals surface area contributed by atoms with Crippen LogP contribution in [0.5, 0.6) is 0 Å². The summed E-state index contributed by atoms with van der Waals surface area (Å²) >= 11 is 0. The van der Waals surface area contributed by atoms with Gasteiger partial charge in [0.15, 0.2) is 0 Å². The fourth-order valence-electron chi connectivity index (χ4n) is 1.32. The largest absolute Gasteiger partial charge is 0.341 e. The average molecular weight is 235 g/mol. The zero-order valence-corrected chi connectivity index (χ0v) is 10.0. The fraction of sp³-hybridized carbons (Fsp3) is 0.333. The summed E-state index contributed by atoms with van der Waals surface area (Å²) in [5.74, 6) is -0.0235. The smallest absolute Gasteiger partial charge is 0.318 e. The van der Waals surface area contributed by atoms with Crippen molar-refractivity contribution in [3.63, 3.8) is 0 Å². The zero-order chi connectivity index (χ0) is 12.7. The summed E-state index contributed by atoms with van der Waals surface area (Å²) in [7, 11) is 1.54. The van der Waals surface area contributed by atoms with Crippen LogP contribution < -0.4 is 16.0 Å². The minimum atomic E-state index is -0.290. The van der Waals surface area contributed by atoms with E-state index in [1.807, 2.05) is 6.92 Å². The highest BCUT2D eigenvalue weighted by atomic mass is 16.2. The van der Waals surface area contributed by atoms with E-state index in [0.29, 0.717) is 17.8 Å². The first kappa shape index (κ1) is 13.0. The number of hydrogen-bond acceptors (Lipinski definition) is 2. The Morgan fingerprint density at radius 1 is 1.18 bits per heavy atom. The highest BCUT2D eigenvalue weighted by Gasteiger charge is 2.02. The van der Waals surface area contributed by atoms with E-state index in [0.717, 1.165) is 6.42 Å². The number of anilines is 2. The predicted octanol–water partition coefficient (Wildman–Crippen LogP) is 2.18. The number of carbonyl (C=O) groups is 2. The summed E-state index contributed by atoms with van der Waals surface area (Å²) in [4.78, 5) is 22.5. The van der Waals surface area contributed by atoms with Gasteiger partial charge in [-0.1, -0.05) is 13.0 Å². The Morgan fingerprint density at radius 2 is 1.82 bits per heavy atom. The first-order chi connectivity index (χ1) is 8.15. The third-order valence-corrected chi connectivity index (χ3v) is 2.11. The van der Waals surface area contributed by atoms with Gasteiger partial charge in [0.25, 0.3) is 0 Å². The Bertz CT molecular complexity index is 404. The number of carbonyl (C=O) groups excluding carboxylic acids is 2. The van der Waals surface area contributed by atoms with Crippen LogP contribution in [0, 0.1) is 0 Å². The van der Waals surface area contributed by atoms with E-state index in [2.05, 4.69) is 16.0 Å². The number of amides is 3. The van der Waals surface area contributed by atoms with Gasteiger partial charge in [-0.3, -0.25) is 4.79 Å². The summed E-state index contributed by atoms with van der Waals surface area (Å²) < 4.78 is 0. The van der Waals surface area contributed by atoms with E-state index >= 15 is 0 Å². The van der Waals surface area contributed by atoms with Crippen molar-refractivity contribution in [2.24, 2.45) is 0 Å². The molecule has 1 aromatic rings. The molecule has 5 heteroatoms. The molecule has 5 nitrogen and oxygen atoms in total. The van der Waals surface area contributed by atoms with Crippen LogP contribution in [0.15, 0.2) is 24.3 Å². The van der Waals surface area contributed by atoms with Gasteiger partial charge >= 0.3 is 6.03 Å². The molecule has 0 heterocycles. The van der Waals surface area contributed by atoms with Crippen LogP contribution in [0.3, 0.4) is 0 Å². The molecule has 3 amide bonds. The van der Waals surface area contributed by atoms with Crippen molar-refractivity contribution < 1.29 is 9.59 Å². The van der Waals surface area contributed by atoms with Gasteiger partial charge in [0.05, 0.1) is 0 Å². The zero-order valence-electron chi connectivity index (χ0n) is 10.0. The quantitative estimate of drug-likeness (QED) is 0.748. The second-order valence-corrected chi connectivity index (χ2v) is 3.58. The molecule has 0 saturated carbocycles. The lowest BCUT2D eigenvalue weighted by Crippen LogP contribution is -2.24. The maximum atomic E-state index is 11.4. The van der Waals surface area contributed by atoms with E-state index in [4.69, 9.17) is 0 Å². The lowest BCUT2D eigenvalue weighted by atomic mass is 10.2. The molecule has 0 bridgehead atoms. The van der Waals surface area contributed by atoms with Crippen molar-refractivity contribution in [3.8, 4) is 0 Å². The average Bonchev–Trinajstić information content (AvgIpc) is 2.29. The molecule has 0 aliphatic rings. The second kappa shape index (κ2) is 6.52. The number of hydrogen-bond donors (Lipinski definition) is 3. The molecule has 0 atom stereocenters. The van der Waals surface area contributed by atoms with Crippen LogP contribution in [0.2, 0.25) is 0 Å². The molecule has 92 valence electrons. The van der Waals surface area contributed by atoms with Crippen LogP contribution in [-0.2, 0) is 4.79 Å². The van der Waals surface area contributed by atoms with Gasteiger partial charge in [0.1, 0.15) is 0 Å². The third-order valence-electron chi connectivity index (χ3n) is 2.11. The SMILES string of the molecule is CCCC(=O)Nc1cccc(NC(=O)NC)c1. The molecule has 0 aromatic heterocycles. The normalized spacial score (nSPS) is 9.53. The minimum absolute atomic E-state index is 0.0235. The number of benzene rings is 1. The van der Waals surface area contributed by atoms with E-state index < -0.39 is 0 Å². The lowest BCUT2D eigenvalue weighted by molar-refractivity contribution is -0.116. The van der Waals surface area contributed by atoms with E-state index in [1.165, 1.54) is 0 Å². The summed E-state index contributed by atoms with van der Waals surface area (Å²) in [6, 6.07) is 6.73. The molecule has 1 rings (SSSR count). The monoisotopic (exact) mass is 235 g/mol. The van der Waals surface area contributed by atoms with Crippen molar-refractivity contribution in [2.75, 3.05) is 17.7 Å². The first-order valence-electron chi connectivity index (χ1n) is 5.54. The van der Waals surface area contributed by atoms with Crippen molar-refractivity contribution in [1.82, 2.24) is 5.32 Å². The molecule has 0 spiro atoms. The van der Waals surface area contributed by atoms with Crippen LogP contribution in [0.1, 0.15) is 19.8 Å². The molecule has 3 N–H and O–H groups in total. The van der Waals surface area contributed by atoms with Gasteiger partial charge in [-0.2, -0.15) is 0 Å². The number of nitrogens with one attached hydrogen (secondary N) is 3. The second-order valence-electron chi connectivity index (χ2n) is 3.58. The minimum Gasteiger partial charge on any atom is -0.341 e. The van der Waals surface area contributed by atoms with Crippen molar-refractivity contribution in [2.45, 2.75) is 19.8 Å². The predicted molar refractivity (Wildman–Crippen MR) is 68.1 cm³/mol. The summed E-state index contributed by atoms with van der Waals surface area (Å²) in [6.45, 7) is 1.95. The van der Waals surface area contributed by atoms with Gasteiger partial charge in [-0.15, -0.1) is 0 Å². The highest BCUT2D eigenvalue weighted by molar-refractivity contribution is 5.93. The standard InChI is InChI=1S/C12H17N3O2/c1-3-5-11(16)14-9-6-4-7-10(8-9)15-12(17)13-2/h4,6-8H,3,5H2,1-2H3,(H,14,16)(H2,13,15,17). The summed E-state index contributed by atoms with van der Waals surface area (Å²) in [6.07, 6.45) is 1.30. The van der Waals surface area contributed by atoms with Gasteiger partial charge in [-0.05, 0) is 24.6 Å². The van der Waals surface area contributed by atoms with Gasteiger partial charge in [0.2, 0.25) is 5.91 Å². The molecule has 0 aliphatic carbocycles. The molecule has 0 fully saturated rings. The number of rotatable bonds is 4. The van der Waals surface area contributed by atoms with E-state index in [-0.39, 0.29) is 11.9 Å². The first-order valence-corrected chi connectivity index (χ1v) is 5.54. The summed E-state index contributed by atoms with van der Waals surface area (Å²) in [5.41, 5.74) is 1.32. The Balaban J connectivity index is 2.65. The fourth-order valence-corrected chi connectivity index (χ4v) is 1.32. The van der Waals surface area contributed by atoms with E-state index in [9.17, 15) is 9.59 Å². The van der Waals surface area contributed by atoms with Crippen LogP contribution >= 0.6 is 0 Å². The molecule has 17 heavy (non-hydrogen) atoms. The maximum absolute atomic E-state index is 11.4. The molecule has 0 saturated heterocycles. The third kappa shape index (κ3) is 4.55. The van der Waals surface area contributed by atoms with Crippen molar-refractivity contribution in [3.05, 3.63) is 24.3 Å². The molecular weight excluding hydrogens is 218 g/mol. The Hall–Kier alpha value is -2.04. The molecule has 0 aliphatic heterocycles. The van der Waals surface area contributed by atoms with Gasteiger partial charge in [0, 0.05) is 24.8 Å². The Morgan fingerprint density at radius 3 is 2.41 bits per heavy atom. The van der Waals surface area contributed by atoms with Gasteiger partial charge < -0.3 is 16.0 Å². The van der Waals surface area contributed by atoms with Crippen LogP contribution in [0.25, 0.3) is 0 Å². The Kier molecular flexibility index (Phi) is 5.00. The van der Waals surface area contributed by atoms with Crippen molar-refractivity contribution >= 4 is 23.3 Å².